The Kier molecular flexibility index (Phi) is 6.84. The van der Waals surface area contributed by atoms with Crippen LogP contribution in [0.25, 0.3) is 0 Å². The third-order valence-electron chi connectivity index (χ3n) is 5.23. The van der Waals surface area contributed by atoms with Gasteiger partial charge in [0.1, 0.15) is 11.9 Å². The highest BCUT2D eigenvalue weighted by molar-refractivity contribution is 6.30. The minimum absolute atomic E-state index is 0.0538. The predicted molar refractivity (Wildman–Crippen MR) is 117 cm³/mol. The summed E-state index contributed by atoms with van der Waals surface area (Å²) in [6, 6.07) is 15.0. The van der Waals surface area contributed by atoms with Crippen LogP contribution in [0.3, 0.4) is 0 Å². The summed E-state index contributed by atoms with van der Waals surface area (Å²) >= 11 is 6.00. The lowest BCUT2D eigenvalue weighted by molar-refractivity contribution is -0.138. The van der Waals surface area contributed by atoms with E-state index in [0.717, 1.165) is 22.8 Å². The molecule has 0 saturated carbocycles. The Hall–Kier alpha value is -2.90. The molecule has 2 aromatic heterocycles. The Labute approximate surface area is 186 Å². The number of carbonyl (C=O) groups excluding carboxylic acids is 1. The Morgan fingerprint density at radius 1 is 1.26 bits per heavy atom. The van der Waals surface area contributed by atoms with Crippen molar-refractivity contribution in [2.45, 2.75) is 18.9 Å². The van der Waals surface area contributed by atoms with Crippen LogP contribution < -0.4 is 4.74 Å². The van der Waals surface area contributed by atoms with E-state index in [1.807, 2.05) is 59.1 Å². The fraction of sp³-hybridized carbons (Fsp3) is 0.348. The lowest BCUT2D eigenvalue weighted by atomic mass is 10.1. The second-order valence-electron chi connectivity index (χ2n) is 7.44. The normalized spacial score (nSPS) is 16.3. The van der Waals surface area contributed by atoms with Crippen LogP contribution in [0.15, 0.2) is 54.7 Å². The molecule has 31 heavy (non-hydrogen) atoms. The number of pyridine rings is 1. The number of ether oxygens (including phenoxy) is 2. The lowest BCUT2D eigenvalue weighted by Crippen LogP contribution is -2.43. The molecule has 1 saturated heterocycles. The first-order valence-corrected chi connectivity index (χ1v) is 10.7. The third kappa shape index (κ3) is 5.62. The molecule has 8 heteroatoms. The van der Waals surface area contributed by atoms with Crippen LogP contribution >= 0.6 is 11.6 Å². The highest BCUT2D eigenvalue weighted by Crippen LogP contribution is 2.23. The van der Waals surface area contributed by atoms with Crippen molar-refractivity contribution in [3.05, 3.63) is 76.8 Å². The van der Waals surface area contributed by atoms with Gasteiger partial charge in [-0.25, -0.2) is 0 Å². The standard InChI is InChI=1S/C23H25ClN4O3/c1-27-19(8-11-30-20-7-4-5-17(24)13-20)15-21(26-27)22-16-28(10-12-31-22)23(29)14-18-6-2-3-9-25-18/h2-7,9,13,15,22H,8,10-12,14,16H2,1H3/t22-/m1/s1. The predicted octanol–water partition coefficient (Wildman–Crippen LogP) is 3.23. The molecule has 4 rings (SSSR count). The van der Waals surface area contributed by atoms with Crippen molar-refractivity contribution in [3.63, 3.8) is 0 Å². The number of aryl methyl sites for hydroxylation is 1. The Balaban J connectivity index is 1.34. The Morgan fingerprint density at radius 3 is 2.97 bits per heavy atom. The van der Waals surface area contributed by atoms with Crippen molar-refractivity contribution in [1.29, 1.82) is 0 Å². The molecule has 0 radical (unpaired) electrons. The zero-order valence-electron chi connectivity index (χ0n) is 17.4. The summed E-state index contributed by atoms with van der Waals surface area (Å²) in [6.07, 6.45) is 2.46. The van der Waals surface area contributed by atoms with Crippen molar-refractivity contribution in [2.24, 2.45) is 7.05 Å². The average Bonchev–Trinajstić information content (AvgIpc) is 3.15. The topological polar surface area (TPSA) is 69.5 Å². The van der Waals surface area contributed by atoms with E-state index in [1.54, 1.807) is 12.3 Å². The van der Waals surface area contributed by atoms with Gasteiger partial charge in [-0.1, -0.05) is 23.7 Å². The highest BCUT2D eigenvalue weighted by atomic mass is 35.5. The summed E-state index contributed by atoms with van der Waals surface area (Å²) in [6.45, 7) is 2.07. The number of morpholine rings is 1. The molecule has 1 fully saturated rings. The fourth-order valence-electron chi connectivity index (χ4n) is 3.58. The third-order valence-corrected chi connectivity index (χ3v) is 5.46. The van der Waals surface area contributed by atoms with Crippen LogP contribution in [-0.4, -0.2) is 51.9 Å². The van der Waals surface area contributed by atoms with E-state index in [1.165, 1.54) is 0 Å². The van der Waals surface area contributed by atoms with Gasteiger partial charge < -0.3 is 14.4 Å². The number of carbonyl (C=O) groups is 1. The number of aromatic nitrogens is 3. The van der Waals surface area contributed by atoms with Crippen LogP contribution in [0, 0.1) is 0 Å². The van der Waals surface area contributed by atoms with Crippen molar-refractivity contribution >= 4 is 17.5 Å². The molecule has 0 unspecified atom stereocenters. The highest BCUT2D eigenvalue weighted by Gasteiger charge is 2.27. The number of hydrogen-bond acceptors (Lipinski definition) is 5. The molecule has 1 aliphatic heterocycles. The maximum Gasteiger partial charge on any atom is 0.228 e. The van der Waals surface area contributed by atoms with Crippen molar-refractivity contribution in [3.8, 4) is 5.75 Å². The Morgan fingerprint density at radius 2 is 2.16 bits per heavy atom. The molecule has 3 aromatic rings. The molecule has 1 aromatic carbocycles. The van der Waals surface area contributed by atoms with Crippen LogP contribution in [-0.2, 0) is 29.4 Å². The van der Waals surface area contributed by atoms with Gasteiger partial charge in [0.25, 0.3) is 0 Å². The summed E-state index contributed by atoms with van der Waals surface area (Å²) in [4.78, 5) is 18.8. The van der Waals surface area contributed by atoms with Gasteiger partial charge in [-0.3, -0.25) is 14.5 Å². The number of benzene rings is 1. The van der Waals surface area contributed by atoms with E-state index in [4.69, 9.17) is 21.1 Å². The van der Waals surface area contributed by atoms with Crippen LogP contribution in [0.1, 0.15) is 23.2 Å². The summed E-state index contributed by atoms with van der Waals surface area (Å²) in [5.41, 5.74) is 2.64. The van der Waals surface area contributed by atoms with Crippen LogP contribution in [0.2, 0.25) is 5.02 Å². The molecule has 0 bridgehead atoms. The van der Waals surface area contributed by atoms with E-state index < -0.39 is 0 Å². The lowest BCUT2D eigenvalue weighted by Gasteiger charge is -2.32. The van der Waals surface area contributed by atoms with Crippen molar-refractivity contribution in [1.82, 2.24) is 19.7 Å². The molecule has 7 nitrogen and oxygen atoms in total. The number of amides is 1. The molecule has 1 atom stereocenters. The summed E-state index contributed by atoms with van der Waals surface area (Å²) in [5.74, 6) is 0.797. The number of nitrogens with zero attached hydrogens (tertiary/aromatic N) is 4. The zero-order valence-corrected chi connectivity index (χ0v) is 18.2. The van der Waals surface area contributed by atoms with Crippen molar-refractivity contribution in [2.75, 3.05) is 26.3 Å². The summed E-state index contributed by atoms with van der Waals surface area (Å²) in [7, 11) is 1.91. The molecular formula is C23H25ClN4O3. The maximum absolute atomic E-state index is 12.7. The van der Waals surface area contributed by atoms with Crippen LogP contribution in [0.5, 0.6) is 5.75 Å². The van der Waals surface area contributed by atoms with Gasteiger partial charge in [-0.05, 0) is 36.4 Å². The first kappa shape index (κ1) is 21.3. The second kappa shape index (κ2) is 9.94. The van der Waals surface area contributed by atoms with Gasteiger partial charge in [0.15, 0.2) is 0 Å². The monoisotopic (exact) mass is 440 g/mol. The van der Waals surface area contributed by atoms with Gasteiger partial charge in [0, 0.05) is 42.6 Å². The molecule has 162 valence electrons. The molecule has 0 N–H and O–H groups in total. The zero-order chi connectivity index (χ0) is 21.6. The van der Waals surface area contributed by atoms with Gasteiger partial charge in [-0.15, -0.1) is 0 Å². The van der Waals surface area contributed by atoms with Crippen LogP contribution in [0.4, 0.5) is 0 Å². The maximum atomic E-state index is 12.7. The molecule has 3 heterocycles. The Bertz CT molecular complexity index is 1020. The van der Waals surface area contributed by atoms with E-state index >= 15 is 0 Å². The largest absolute Gasteiger partial charge is 0.493 e. The minimum atomic E-state index is -0.241. The van der Waals surface area contributed by atoms with E-state index in [-0.39, 0.29) is 12.0 Å². The number of halogens is 1. The first-order chi connectivity index (χ1) is 15.1. The first-order valence-electron chi connectivity index (χ1n) is 10.3. The van der Waals surface area contributed by atoms with E-state index in [0.29, 0.717) is 44.2 Å². The fourth-order valence-corrected chi connectivity index (χ4v) is 3.76. The quantitative estimate of drug-likeness (QED) is 0.564. The molecular weight excluding hydrogens is 416 g/mol. The SMILES string of the molecule is Cn1nc([C@H]2CN(C(=O)Cc3ccccn3)CCO2)cc1CCOc1cccc(Cl)c1. The smallest absolute Gasteiger partial charge is 0.228 e. The molecule has 1 aliphatic rings. The van der Waals surface area contributed by atoms with E-state index in [9.17, 15) is 4.79 Å². The molecule has 0 spiro atoms. The molecule has 0 aliphatic carbocycles. The van der Waals surface area contributed by atoms with Gasteiger partial charge in [0.05, 0.1) is 31.9 Å². The van der Waals surface area contributed by atoms with Gasteiger partial charge >= 0.3 is 0 Å². The summed E-state index contributed by atoms with van der Waals surface area (Å²) in [5, 5.41) is 5.27. The number of rotatable bonds is 7. The van der Waals surface area contributed by atoms with E-state index in [2.05, 4.69) is 10.1 Å². The average molecular weight is 441 g/mol. The minimum Gasteiger partial charge on any atom is -0.493 e. The number of hydrogen-bond donors (Lipinski definition) is 0. The summed E-state index contributed by atoms with van der Waals surface area (Å²) < 4.78 is 13.6. The van der Waals surface area contributed by atoms with Crippen molar-refractivity contribution < 1.29 is 14.3 Å². The molecule has 1 amide bonds. The second-order valence-corrected chi connectivity index (χ2v) is 7.87. The van der Waals surface area contributed by atoms with Gasteiger partial charge in [0.2, 0.25) is 5.91 Å². The van der Waals surface area contributed by atoms with Gasteiger partial charge in [-0.2, -0.15) is 5.10 Å².